The highest BCUT2D eigenvalue weighted by Gasteiger charge is 2.08. The molecule has 2 aromatic rings. The summed E-state index contributed by atoms with van der Waals surface area (Å²) in [5.41, 5.74) is 9.78. The van der Waals surface area contributed by atoms with E-state index in [1.807, 2.05) is 32.0 Å². The quantitative estimate of drug-likeness (QED) is 0.400. The largest absolute Gasteiger partial charge is 0.398 e. The van der Waals surface area contributed by atoms with Gasteiger partial charge in [-0.25, -0.2) is 0 Å². The maximum atomic E-state index is 10.8. The highest BCUT2D eigenvalue weighted by Crippen LogP contribution is 2.24. The number of nitro groups is 1. The molecule has 0 radical (unpaired) electrons. The molecule has 0 aromatic heterocycles. The summed E-state index contributed by atoms with van der Waals surface area (Å²) in [5, 5.41) is 10.8. The molecule has 0 heterocycles. The summed E-state index contributed by atoms with van der Waals surface area (Å²) in [4.78, 5) is 14.7. The van der Waals surface area contributed by atoms with Gasteiger partial charge >= 0.3 is 0 Å². The van der Waals surface area contributed by atoms with Crippen molar-refractivity contribution in [2.24, 2.45) is 4.99 Å². The maximum Gasteiger partial charge on any atom is 0.270 e. The Bertz CT molecular complexity index is 673. The molecule has 0 aliphatic carbocycles. The van der Waals surface area contributed by atoms with Crippen molar-refractivity contribution in [3.05, 3.63) is 63.2 Å². The van der Waals surface area contributed by atoms with Crippen molar-refractivity contribution in [2.75, 3.05) is 5.73 Å². The van der Waals surface area contributed by atoms with Crippen LogP contribution in [0, 0.1) is 24.0 Å². The Balaban J connectivity index is 2.41. The minimum Gasteiger partial charge on any atom is -0.398 e. The van der Waals surface area contributed by atoms with Crippen LogP contribution in [0.4, 0.5) is 17.1 Å². The Morgan fingerprint density at radius 2 is 1.85 bits per heavy atom. The molecule has 0 aliphatic heterocycles. The topological polar surface area (TPSA) is 81.5 Å². The fraction of sp³-hybridized carbons (Fsp3) is 0.133. The van der Waals surface area contributed by atoms with Gasteiger partial charge in [0.1, 0.15) is 0 Å². The standard InChI is InChI=1S/C15H15N3O2/c1-10-4-3-5-11(2)15(10)17-9-12-8-13(18(19)20)6-7-14(12)16/h3-9H,16H2,1-2H3. The lowest BCUT2D eigenvalue weighted by Crippen LogP contribution is -1.96. The van der Waals surface area contributed by atoms with Gasteiger partial charge in [-0.05, 0) is 31.0 Å². The molecular formula is C15H15N3O2. The number of hydrogen-bond acceptors (Lipinski definition) is 4. The molecule has 0 unspecified atom stereocenters. The highest BCUT2D eigenvalue weighted by molar-refractivity contribution is 5.89. The molecule has 0 amide bonds. The third kappa shape index (κ3) is 2.83. The van der Waals surface area contributed by atoms with E-state index in [2.05, 4.69) is 4.99 Å². The molecule has 0 aliphatic rings. The third-order valence-corrected chi connectivity index (χ3v) is 3.05. The minimum absolute atomic E-state index is 0.00200. The van der Waals surface area contributed by atoms with Gasteiger partial charge in [0, 0.05) is 29.6 Å². The Kier molecular flexibility index (Phi) is 3.79. The summed E-state index contributed by atoms with van der Waals surface area (Å²) in [6.45, 7) is 3.94. The van der Waals surface area contributed by atoms with Crippen LogP contribution in [0.1, 0.15) is 16.7 Å². The zero-order chi connectivity index (χ0) is 14.7. The van der Waals surface area contributed by atoms with Crippen LogP contribution in [-0.4, -0.2) is 11.1 Å². The van der Waals surface area contributed by atoms with E-state index < -0.39 is 4.92 Å². The molecule has 2 rings (SSSR count). The summed E-state index contributed by atoms with van der Waals surface area (Å²) in [7, 11) is 0. The number of nitro benzene ring substituents is 1. The second-order valence-corrected chi connectivity index (χ2v) is 4.57. The third-order valence-electron chi connectivity index (χ3n) is 3.05. The maximum absolute atomic E-state index is 10.8. The van der Waals surface area contributed by atoms with Crippen LogP contribution < -0.4 is 5.73 Å². The van der Waals surface area contributed by atoms with Gasteiger partial charge in [0.15, 0.2) is 0 Å². The van der Waals surface area contributed by atoms with E-state index >= 15 is 0 Å². The zero-order valence-electron chi connectivity index (χ0n) is 11.3. The average Bonchev–Trinajstić information content (AvgIpc) is 2.39. The first-order chi connectivity index (χ1) is 9.49. The van der Waals surface area contributed by atoms with Gasteiger partial charge in [-0.3, -0.25) is 15.1 Å². The number of non-ortho nitro benzene ring substituents is 1. The van der Waals surface area contributed by atoms with Crippen LogP contribution in [0.5, 0.6) is 0 Å². The van der Waals surface area contributed by atoms with Gasteiger partial charge in [-0.15, -0.1) is 0 Å². The van der Waals surface area contributed by atoms with E-state index in [1.165, 1.54) is 18.2 Å². The number of para-hydroxylation sites is 1. The van der Waals surface area contributed by atoms with Crippen LogP contribution in [0.15, 0.2) is 41.4 Å². The molecule has 5 nitrogen and oxygen atoms in total. The average molecular weight is 269 g/mol. The number of hydrogen-bond donors (Lipinski definition) is 1. The number of anilines is 1. The molecule has 2 aromatic carbocycles. The van der Waals surface area contributed by atoms with Crippen LogP contribution >= 0.6 is 0 Å². The molecule has 2 N–H and O–H groups in total. The number of rotatable bonds is 3. The highest BCUT2D eigenvalue weighted by atomic mass is 16.6. The van der Waals surface area contributed by atoms with Gasteiger partial charge in [0.2, 0.25) is 0 Å². The van der Waals surface area contributed by atoms with Gasteiger partial charge in [0.05, 0.1) is 10.6 Å². The van der Waals surface area contributed by atoms with Gasteiger partial charge in [-0.1, -0.05) is 18.2 Å². The van der Waals surface area contributed by atoms with E-state index in [1.54, 1.807) is 6.21 Å². The summed E-state index contributed by atoms with van der Waals surface area (Å²) >= 11 is 0. The number of aliphatic imine (C=N–C) groups is 1. The SMILES string of the molecule is Cc1cccc(C)c1N=Cc1cc([N+](=O)[O-])ccc1N. The first-order valence-electron chi connectivity index (χ1n) is 6.13. The second-order valence-electron chi connectivity index (χ2n) is 4.57. The van der Waals surface area contributed by atoms with Crippen molar-refractivity contribution < 1.29 is 4.92 Å². The van der Waals surface area contributed by atoms with E-state index in [0.717, 1.165) is 16.8 Å². The van der Waals surface area contributed by atoms with Crippen molar-refractivity contribution in [1.29, 1.82) is 0 Å². The predicted octanol–water partition coefficient (Wildman–Crippen LogP) is 3.54. The summed E-state index contributed by atoms with van der Waals surface area (Å²) in [6, 6.07) is 10.2. The second kappa shape index (κ2) is 5.52. The Hall–Kier alpha value is -2.69. The van der Waals surface area contributed by atoms with E-state index in [9.17, 15) is 10.1 Å². The van der Waals surface area contributed by atoms with Gasteiger partial charge in [-0.2, -0.15) is 0 Å². The fourth-order valence-electron chi connectivity index (χ4n) is 1.93. The normalized spacial score (nSPS) is 10.9. The van der Waals surface area contributed by atoms with Gasteiger partial charge in [0.25, 0.3) is 5.69 Å². The molecule has 5 heteroatoms. The fourth-order valence-corrected chi connectivity index (χ4v) is 1.93. The Morgan fingerprint density at radius 3 is 2.45 bits per heavy atom. The molecule has 102 valence electrons. The summed E-state index contributed by atoms with van der Waals surface area (Å²) in [6.07, 6.45) is 1.57. The van der Waals surface area contributed by atoms with Crippen molar-refractivity contribution in [3.8, 4) is 0 Å². The van der Waals surface area contributed by atoms with E-state index in [0.29, 0.717) is 11.3 Å². The van der Waals surface area contributed by atoms with Crippen LogP contribution in [0.3, 0.4) is 0 Å². The predicted molar refractivity (Wildman–Crippen MR) is 80.7 cm³/mol. The number of benzene rings is 2. The summed E-state index contributed by atoms with van der Waals surface area (Å²) in [5.74, 6) is 0. The minimum atomic E-state index is -0.449. The zero-order valence-corrected chi connectivity index (χ0v) is 11.3. The number of nitrogen functional groups attached to an aromatic ring is 1. The number of nitrogens with two attached hydrogens (primary N) is 1. The molecule has 0 fully saturated rings. The van der Waals surface area contributed by atoms with Crippen molar-refractivity contribution in [2.45, 2.75) is 13.8 Å². The molecule has 0 bridgehead atoms. The lowest BCUT2D eigenvalue weighted by molar-refractivity contribution is -0.384. The van der Waals surface area contributed by atoms with Crippen LogP contribution in [0.25, 0.3) is 0 Å². The van der Waals surface area contributed by atoms with Crippen molar-refractivity contribution >= 4 is 23.3 Å². The smallest absolute Gasteiger partial charge is 0.270 e. The molecule has 0 saturated heterocycles. The molecule has 0 spiro atoms. The van der Waals surface area contributed by atoms with Crippen molar-refractivity contribution in [1.82, 2.24) is 0 Å². The monoisotopic (exact) mass is 269 g/mol. The van der Waals surface area contributed by atoms with E-state index in [-0.39, 0.29) is 5.69 Å². The molecule has 0 saturated carbocycles. The molecule has 0 atom stereocenters. The van der Waals surface area contributed by atoms with E-state index in [4.69, 9.17) is 5.73 Å². The van der Waals surface area contributed by atoms with Gasteiger partial charge < -0.3 is 5.73 Å². The lowest BCUT2D eigenvalue weighted by Gasteiger charge is -2.04. The van der Waals surface area contributed by atoms with Crippen LogP contribution in [0.2, 0.25) is 0 Å². The lowest BCUT2D eigenvalue weighted by atomic mass is 10.1. The molecular weight excluding hydrogens is 254 g/mol. The Morgan fingerprint density at radius 1 is 1.20 bits per heavy atom. The number of aryl methyl sites for hydroxylation is 2. The first-order valence-corrected chi connectivity index (χ1v) is 6.13. The molecule has 20 heavy (non-hydrogen) atoms. The van der Waals surface area contributed by atoms with Crippen LogP contribution in [-0.2, 0) is 0 Å². The number of nitrogens with zero attached hydrogens (tertiary/aromatic N) is 2. The van der Waals surface area contributed by atoms with Crippen molar-refractivity contribution in [3.63, 3.8) is 0 Å². The first kappa shape index (κ1) is 13.7. The summed E-state index contributed by atoms with van der Waals surface area (Å²) < 4.78 is 0. The Labute approximate surface area is 116 Å².